The Balaban J connectivity index is 1.42. The van der Waals surface area contributed by atoms with Crippen molar-refractivity contribution in [3.8, 4) is 28.7 Å². The van der Waals surface area contributed by atoms with Crippen LogP contribution in [0.4, 0.5) is 0 Å². The van der Waals surface area contributed by atoms with E-state index in [1.807, 2.05) is 43.3 Å². The van der Waals surface area contributed by atoms with Crippen molar-refractivity contribution in [1.82, 2.24) is 10.3 Å². The van der Waals surface area contributed by atoms with E-state index in [0.717, 1.165) is 46.2 Å². The largest absolute Gasteiger partial charge is 0.488 e. The van der Waals surface area contributed by atoms with Crippen molar-refractivity contribution in [2.75, 3.05) is 13.7 Å². The zero-order chi connectivity index (χ0) is 31.1. The first kappa shape index (κ1) is 31.0. The summed E-state index contributed by atoms with van der Waals surface area (Å²) in [5.74, 6) is 0.796. The van der Waals surface area contributed by atoms with E-state index in [2.05, 4.69) is 28.5 Å². The Morgan fingerprint density at radius 3 is 2.73 bits per heavy atom. The summed E-state index contributed by atoms with van der Waals surface area (Å²) in [7, 11) is 1.40. The van der Waals surface area contributed by atoms with Gasteiger partial charge >= 0.3 is 5.97 Å². The maximum absolute atomic E-state index is 12.1. The van der Waals surface area contributed by atoms with Crippen molar-refractivity contribution < 1.29 is 24.1 Å². The summed E-state index contributed by atoms with van der Waals surface area (Å²) in [4.78, 5) is 16.2. The van der Waals surface area contributed by atoms with E-state index in [1.165, 1.54) is 18.9 Å². The van der Waals surface area contributed by atoms with E-state index in [0.29, 0.717) is 28.6 Å². The van der Waals surface area contributed by atoms with Gasteiger partial charge in [0.25, 0.3) is 0 Å². The van der Waals surface area contributed by atoms with Crippen LogP contribution < -0.4 is 14.8 Å². The highest BCUT2D eigenvalue weighted by atomic mass is 35.5. The summed E-state index contributed by atoms with van der Waals surface area (Å²) in [6, 6.07) is 21.4. The number of ether oxygens (including phenoxy) is 3. The second-order valence-corrected chi connectivity index (χ2v) is 11.2. The minimum absolute atomic E-state index is 0.00597. The summed E-state index contributed by atoms with van der Waals surface area (Å²) in [6.45, 7) is 2.51. The molecule has 0 saturated carbocycles. The molecule has 2 N–H and O–H groups in total. The molecular weight excluding hydrogens is 578 g/mol. The minimum Gasteiger partial charge on any atom is -0.488 e. The van der Waals surface area contributed by atoms with Crippen LogP contribution in [0.2, 0.25) is 5.02 Å². The molecule has 1 aromatic heterocycles. The maximum atomic E-state index is 12.1. The Morgan fingerprint density at radius 2 is 1.93 bits per heavy atom. The summed E-state index contributed by atoms with van der Waals surface area (Å²) < 4.78 is 17.7. The van der Waals surface area contributed by atoms with Crippen molar-refractivity contribution in [3.05, 3.63) is 111 Å². The van der Waals surface area contributed by atoms with E-state index in [1.54, 1.807) is 18.3 Å². The first-order chi connectivity index (χ1) is 21.4. The molecule has 0 fully saturated rings. The van der Waals surface area contributed by atoms with E-state index in [9.17, 15) is 15.2 Å². The quantitative estimate of drug-likeness (QED) is 0.185. The van der Waals surface area contributed by atoms with Crippen LogP contribution >= 0.6 is 11.6 Å². The number of methoxy groups -OCH3 is 1. The molecule has 0 aliphatic heterocycles. The molecule has 9 heteroatoms. The first-order valence-corrected chi connectivity index (χ1v) is 14.8. The number of carbonyl (C=O) groups excluding carboxylic acids is 1. The van der Waals surface area contributed by atoms with E-state index >= 15 is 0 Å². The minimum atomic E-state index is -0.280. The number of hydrogen-bond acceptors (Lipinski definition) is 8. The zero-order valence-corrected chi connectivity index (χ0v) is 25.4. The van der Waals surface area contributed by atoms with Crippen LogP contribution in [0.1, 0.15) is 52.8 Å². The molecule has 0 unspecified atom stereocenters. The number of nitrogens with zero attached hydrogens (tertiary/aromatic N) is 2. The third-order valence-electron chi connectivity index (χ3n) is 7.70. The van der Waals surface area contributed by atoms with Gasteiger partial charge in [-0.2, -0.15) is 5.26 Å². The molecule has 1 aliphatic carbocycles. The summed E-state index contributed by atoms with van der Waals surface area (Å²) in [5, 5.41) is 22.4. The van der Waals surface area contributed by atoms with Crippen LogP contribution in [0.25, 0.3) is 11.1 Å². The zero-order valence-electron chi connectivity index (χ0n) is 24.7. The molecule has 1 heterocycles. The summed E-state index contributed by atoms with van der Waals surface area (Å²) in [5.41, 5.74) is 7.29. The van der Waals surface area contributed by atoms with Crippen LogP contribution in [0.5, 0.6) is 11.5 Å². The lowest BCUT2D eigenvalue weighted by Crippen LogP contribution is -2.28. The van der Waals surface area contributed by atoms with Crippen LogP contribution in [0.3, 0.4) is 0 Å². The lowest BCUT2D eigenvalue weighted by atomic mass is 9.92. The number of fused-ring (bicyclic) bond motifs is 1. The molecule has 0 saturated heterocycles. The monoisotopic (exact) mass is 611 g/mol. The fraction of sp³-hybridized carbons (Fsp3) is 0.286. The van der Waals surface area contributed by atoms with Crippen LogP contribution in [-0.4, -0.2) is 35.8 Å². The molecule has 3 aromatic carbocycles. The van der Waals surface area contributed by atoms with Crippen molar-refractivity contribution in [2.45, 2.75) is 51.5 Å². The number of carbonyl (C=O) groups is 1. The van der Waals surface area contributed by atoms with E-state index < -0.39 is 0 Å². The second-order valence-electron chi connectivity index (χ2n) is 10.8. The Labute approximate surface area is 262 Å². The number of aliphatic hydroxyl groups excluding tert-OH is 1. The lowest BCUT2D eigenvalue weighted by molar-refractivity contribution is -0.139. The SMILES string of the molecule is COC(=O)Cc1ccccc1-c1cccc2c1CC[C@@H]2Oc1cc(OCc2cncc(C#N)c2)c(CN[C@H](C)CO)cc1Cl. The predicted octanol–water partition coefficient (Wildman–Crippen LogP) is 6.10. The Hall–Kier alpha value is -4.42. The van der Waals surface area contributed by atoms with Crippen LogP contribution in [-0.2, 0) is 35.5 Å². The van der Waals surface area contributed by atoms with Gasteiger partial charge in [0.2, 0.25) is 0 Å². The van der Waals surface area contributed by atoms with Gasteiger partial charge in [0.15, 0.2) is 0 Å². The molecule has 0 spiro atoms. The summed E-state index contributed by atoms with van der Waals surface area (Å²) >= 11 is 6.78. The van der Waals surface area contributed by atoms with Gasteiger partial charge in [-0.15, -0.1) is 0 Å². The molecule has 5 rings (SSSR count). The molecule has 0 radical (unpaired) electrons. The molecule has 2 atom stereocenters. The summed E-state index contributed by atoms with van der Waals surface area (Å²) in [6.07, 6.45) is 4.72. The molecular formula is C35H34ClN3O5. The lowest BCUT2D eigenvalue weighted by Gasteiger charge is -2.20. The maximum Gasteiger partial charge on any atom is 0.309 e. The van der Waals surface area contributed by atoms with Gasteiger partial charge in [0.05, 0.1) is 30.7 Å². The highest BCUT2D eigenvalue weighted by Gasteiger charge is 2.28. The Kier molecular flexibility index (Phi) is 10.1. The highest BCUT2D eigenvalue weighted by molar-refractivity contribution is 6.32. The van der Waals surface area contributed by atoms with Crippen LogP contribution in [0, 0.1) is 11.3 Å². The number of nitriles is 1. The van der Waals surface area contributed by atoms with Gasteiger partial charge in [-0.1, -0.05) is 54.1 Å². The normalized spacial score (nSPS) is 14.4. The Bertz CT molecular complexity index is 1690. The van der Waals surface area contributed by atoms with Gasteiger partial charge < -0.3 is 24.6 Å². The molecule has 226 valence electrons. The molecule has 44 heavy (non-hydrogen) atoms. The van der Waals surface area contributed by atoms with E-state index in [-0.39, 0.29) is 37.7 Å². The molecule has 0 amide bonds. The van der Waals surface area contributed by atoms with Gasteiger partial charge in [-0.25, -0.2) is 0 Å². The van der Waals surface area contributed by atoms with Crippen molar-refractivity contribution >= 4 is 17.6 Å². The van der Waals surface area contributed by atoms with Gasteiger partial charge in [0, 0.05) is 42.2 Å². The number of nitrogens with one attached hydrogen (secondary N) is 1. The Morgan fingerprint density at radius 1 is 1.11 bits per heavy atom. The van der Waals surface area contributed by atoms with Crippen molar-refractivity contribution in [3.63, 3.8) is 0 Å². The average Bonchev–Trinajstić information content (AvgIpc) is 3.47. The van der Waals surface area contributed by atoms with Crippen molar-refractivity contribution in [1.29, 1.82) is 5.26 Å². The fourth-order valence-electron chi connectivity index (χ4n) is 5.39. The molecule has 1 aliphatic rings. The number of hydrogen-bond donors (Lipinski definition) is 2. The second kappa shape index (κ2) is 14.4. The number of aromatic nitrogens is 1. The number of halogens is 1. The van der Waals surface area contributed by atoms with Gasteiger partial charge in [-0.05, 0) is 59.7 Å². The first-order valence-electron chi connectivity index (χ1n) is 14.5. The topological polar surface area (TPSA) is 114 Å². The number of aliphatic hydroxyl groups is 1. The molecule has 8 nitrogen and oxygen atoms in total. The molecule has 4 aromatic rings. The number of esters is 1. The third kappa shape index (κ3) is 7.20. The average molecular weight is 612 g/mol. The van der Waals surface area contributed by atoms with Gasteiger partial charge in [0.1, 0.15) is 30.3 Å². The van der Waals surface area contributed by atoms with E-state index in [4.69, 9.17) is 25.8 Å². The third-order valence-corrected chi connectivity index (χ3v) is 8.00. The fourth-order valence-corrected chi connectivity index (χ4v) is 5.62. The smallest absolute Gasteiger partial charge is 0.309 e. The predicted molar refractivity (Wildman–Crippen MR) is 167 cm³/mol. The van der Waals surface area contributed by atoms with Crippen molar-refractivity contribution in [2.24, 2.45) is 0 Å². The number of benzene rings is 3. The van der Waals surface area contributed by atoms with Crippen LogP contribution in [0.15, 0.2) is 73.1 Å². The molecule has 0 bridgehead atoms. The highest BCUT2D eigenvalue weighted by Crippen LogP contribution is 2.43. The van der Waals surface area contributed by atoms with Gasteiger partial charge in [-0.3, -0.25) is 9.78 Å². The standard InChI is InChI=1S/C35H34ClN3O5/c1-22(20-40)39-19-26-13-31(36)34(15-33(26)43-21-24-12-23(16-37)17-38-18-24)44-32-11-10-29-28(8-5-9-30(29)32)27-7-4-3-6-25(27)14-35(41)42-2/h3-9,12-13,15,17-18,22,32,39-40H,10-11,14,19-21H2,1-2H3/t22-,32+/m1/s1. The number of pyridine rings is 1. The number of rotatable bonds is 12.